The molecule has 4 aromatic rings. The molecule has 0 aliphatic carbocycles. The van der Waals surface area contributed by atoms with Crippen molar-refractivity contribution in [1.82, 2.24) is 19.6 Å². The Balaban J connectivity index is 1.43. The molecular weight excluding hydrogens is 416 g/mol. The summed E-state index contributed by atoms with van der Waals surface area (Å²) >= 11 is 0. The Morgan fingerprint density at radius 1 is 1.00 bits per heavy atom. The van der Waals surface area contributed by atoms with E-state index < -0.39 is 0 Å². The van der Waals surface area contributed by atoms with Gasteiger partial charge in [0.25, 0.3) is 11.3 Å². The van der Waals surface area contributed by atoms with Gasteiger partial charge >= 0.3 is 0 Å². The fraction of sp³-hybridized carbons (Fsp3) is 0.280. The molecule has 33 heavy (non-hydrogen) atoms. The van der Waals surface area contributed by atoms with Crippen molar-refractivity contribution >= 4 is 23.3 Å². The van der Waals surface area contributed by atoms with Crippen LogP contribution >= 0.6 is 0 Å². The molecule has 4 rings (SSSR count). The molecule has 0 bridgehead atoms. The van der Waals surface area contributed by atoms with Crippen LogP contribution in [0.2, 0.25) is 0 Å². The number of hydrogen-bond donors (Lipinski definition) is 3. The lowest BCUT2D eigenvalue weighted by Crippen LogP contribution is -2.23. The highest BCUT2D eigenvalue weighted by atomic mass is 16.1. The monoisotopic (exact) mass is 444 g/mol. The van der Waals surface area contributed by atoms with Crippen molar-refractivity contribution in [3.8, 4) is 0 Å². The predicted molar refractivity (Wildman–Crippen MR) is 130 cm³/mol. The molecule has 0 spiro atoms. The maximum Gasteiger partial charge on any atom is 0.277 e. The molecule has 2 aromatic carbocycles. The van der Waals surface area contributed by atoms with Crippen LogP contribution in [-0.2, 0) is 24.2 Å². The first kappa shape index (κ1) is 22.3. The maximum absolute atomic E-state index is 13.0. The molecule has 0 aliphatic rings. The van der Waals surface area contributed by atoms with Crippen LogP contribution in [0.25, 0.3) is 5.78 Å². The first-order chi connectivity index (χ1) is 15.9. The molecule has 2 heterocycles. The van der Waals surface area contributed by atoms with E-state index in [0.29, 0.717) is 35.9 Å². The first-order valence-corrected chi connectivity index (χ1v) is 11.1. The van der Waals surface area contributed by atoms with Gasteiger partial charge in [0.2, 0.25) is 11.9 Å². The zero-order valence-corrected chi connectivity index (χ0v) is 19.1. The second kappa shape index (κ2) is 9.68. The Kier molecular flexibility index (Phi) is 6.53. The molecule has 0 saturated heterocycles. The number of carbonyl (C=O) groups excluding carboxylic acids is 1. The largest absolute Gasteiger partial charge is 0.351 e. The SMILES string of the molecule is CCc1ccc(NC(=O)CCc2c(C)nc3nc(NCc4ccc(C)cc4)[nH]n3c2=O)cc1. The second-order valence-electron chi connectivity index (χ2n) is 8.13. The Morgan fingerprint density at radius 2 is 1.70 bits per heavy atom. The lowest BCUT2D eigenvalue weighted by atomic mass is 10.1. The number of nitrogens with one attached hydrogen (secondary N) is 3. The van der Waals surface area contributed by atoms with E-state index >= 15 is 0 Å². The fourth-order valence-corrected chi connectivity index (χ4v) is 3.60. The minimum absolute atomic E-state index is 0.145. The van der Waals surface area contributed by atoms with Gasteiger partial charge < -0.3 is 10.6 Å². The highest BCUT2D eigenvalue weighted by Crippen LogP contribution is 2.12. The molecule has 8 heteroatoms. The minimum Gasteiger partial charge on any atom is -0.351 e. The summed E-state index contributed by atoms with van der Waals surface area (Å²) in [4.78, 5) is 34.2. The molecule has 0 fully saturated rings. The average molecular weight is 445 g/mol. The van der Waals surface area contributed by atoms with E-state index in [2.05, 4.69) is 32.6 Å². The Labute approximate surface area is 192 Å². The summed E-state index contributed by atoms with van der Waals surface area (Å²) < 4.78 is 1.32. The van der Waals surface area contributed by atoms with Crippen LogP contribution in [0.5, 0.6) is 0 Å². The van der Waals surface area contributed by atoms with E-state index in [4.69, 9.17) is 0 Å². The van der Waals surface area contributed by atoms with Gasteiger partial charge in [0, 0.05) is 24.2 Å². The third-order valence-corrected chi connectivity index (χ3v) is 5.62. The molecule has 0 atom stereocenters. The number of aromatic amines is 1. The van der Waals surface area contributed by atoms with Gasteiger partial charge in [-0.15, -0.1) is 0 Å². The van der Waals surface area contributed by atoms with E-state index in [0.717, 1.165) is 17.7 Å². The number of nitrogens with zero attached hydrogens (tertiary/aromatic N) is 3. The summed E-state index contributed by atoms with van der Waals surface area (Å²) in [6, 6.07) is 15.9. The Morgan fingerprint density at radius 3 is 2.39 bits per heavy atom. The van der Waals surface area contributed by atoms with Crippen molar-refractivity contribution in [2.75, 3.05) is 10.6 Å². The standard InChI is InChI=1S/C25H28N6O2/c1-4-18-9-11-20(12-10-18)28-22(32)14-13-21-17(3)27-25-29-24(30-31(25)23(21)33)26-15-19-7-5-16(2)6-8-19/h5-12H,4,13-15H2,1-3H3,(H,28,32)(H2,26,27,29,30). The number of rotatable bonds is 8. The van der Waals surface area contributed by atoms with Gasteiger partial charge in [0.15, 0.2) is 0 Å². The predicted octanol–water partition coefficient (Wildman–Crippen LogP) is 3.78. The summed E-state index contributed by atoms with van der Waals surface area (Å²) in [5.41, 5.74) is 5.10. The third-order valence-electron chi connectivity index (χ3n) is 5.62. The van der Waals surface area contributed by atoms with E-state index in [1.807, 2.05) is 55.5 Å². The highest BCUT2D eigenvalue weighted by molar-refractivity contribution is 5.90. The maximum atomic E-state index is 13.0. The van der Waals surface area contributed by atoms with Crippen molar-refractivity contribution in [1.29, 1.82) is 0 Å². The van der Waals surface area contributed by atoms with Crippen molar-refractivity contribution in [2.45, 2.75) is 46.6 Å². The van der Waals surface area contributed by atoms with Crippen LogP contribution in [0.15, 0.2) is 53.3 Å². The molecule has 1 amide bonds. The van der Waals surface area contributed by atoms with Gasteiger partial charge in [0.05, 0.1) is 5.69 Å². The molecule has 2 aromatic heterocycles. The summed E-state index contributed by atoms with van der Waals surface area (Å²) in [7, 11) is 0. The molecule has 8 nitrogen and oxygen atoms in total. The normalized spacial score (nSPS) is 11.0. The zero-order valence-electron chi connectivity index (χ0n) is 19.1. The van der Waals surface area contributed by atoms with Gasteiger partial charge in [-0.05, 0) is 49.9 Å². The number of carbonyl (C=O) groups is 1. The third kappa shape index (κ3) is 5.28. The zero-order chi connectivity index (χ0) is 23.4. The number of benzene rings is 2. The van der Waals surface area contributed by atoms with Crippen LogP contribution in [0, 0.1) is 13.8 Å². The van der Waals surface area contributed by atoms with Gasteiger partial charge in [-0.2, -0.15) is 9.50 Å². The van der Waals surface area contributed by atoms with Crippen molar-refractivity contribution in [3.05, 3.63) is 86.8 Å². The summed E-state index contributed by atoms with van der Waals surface area (Å²) in [5, 5.41) is 9.04. The number of aryl methyl sites for hydroxylation is 3. The van der Waals surface area contributed by atoms with E-state index in [-0.39, 0.29) is 17.9 Å². The summed E-state index contributed by atoms with van der Waals surface area (Å²) in [6.45, 7) is 6.47. The highest BCUT2D eigenvalue weighted by Gasteiger charge is 2.15. The quantitative estimate of drug-likeness (QED) is 0.384. The van der Waals surface area contributed by atoms with Crippen LogP contribution in [-0.4, -0.2) is 25.5 Å². The number of fused-ring (bicyclic) bond motifs is 1. The number of anilines is 2. The molecule has 0 unspecified atom stereocenters. The summed E-state index contributed by atoms with van der Waals surface area (Å²) in [5.74, 6) is 0.617. The number of aromatic nitrogens is 4. The molecule has 0 saturated carbocycles. The topological polar surface area (TPSA) is 104 Å². The van der Waals surface area contributed by atoms with E-state index in [9.17, 15) is 9.59 Å². The molecule has 0 radical (unpaired) electrons. The van der Waals surface area contributed by atoms with Crippen LogP contribution in [0.3, 0.4) is 0 Å². The lowest BCUT2D eigenvalue weighted by Gasteiger charge is -2.07. The lowest BCUT2D eigenvalue weighted by molar-refractivity contribution is -0.116. The molecule has 0 aliphatic heterocycles. The van der Waals surface area contributed by atoms with Gasteiger partial charge in [-0.25, -0.2) is 4.98 Å². The van der Waals surface area contributed by atoms with Crippen molar-refractivity contribution < 1.29 is 4.79 Å². The van der Waals surface area contributed by atoms with Gasteiger partial charge in [0.1, 0.15) is 0 Å². The van der Waals surface area contributed by atoms with E-state index in [1.54, 1.807) is 6.92 Å². The minimum atomic E-state index is -0.242. The Hall–Kier alpha value is -3.94. The number of H-pyrrole nitrogens is 1. The van der Waals surface area contributed by atoms with E-state index in [1.165, 1.54) is 15.6 Å². The fourth-order valence-electron chi connectivity index (χ4n) is 3.60. The van der Waals surface area contributed by atoms with Crippen molar-refractivity contribution in [3.63, 3.8) is 0 Å². The number of hydrogen-bond acceptors (Lipinski definition) is 5. The number of amides is 1. The second-order valence-corrected chi connectivity index (χ2v) is 8.13. The van der Waals surface area contributed by atoms with Crippen LogP contribution in [0.4, 0.5) is 11.6 Å². The Bertz CT molecular complexity index is 1320. The molecule has 170 valence electrons. The van der Waals surface area contributed by atoms with Gasteiger partial charge in [-0.1, -0.05) is 48.9 Å². The van der Waals surface area contributed by atoms with Crippen LogP contribution < -0.4 is 16.2 Å². The summed E-state index contributed by atoms with van der Waals surface area (Å²) in [6.07, 6.45) is 1.43. The van der Waals surface area contributed by atoms with Gasteiger partial charge in [-0.3, -0.25) is 14.7 Å². The first-order valence-electron chi connectivity index (χ1n) is 11.1. The average Bonchev–Trinajstić information content (AvgIpc) is 3.22. The smallest absolute Gasteiger partial charge is 0.277 e. The molecular formula is C25H28N6O2. The molecule has 3 N–H and O–H groups in total. The van der Waals surface area contributed by atoms with Crippen LogP contribution in [0.1, 0.15) is 41.3 Å². The van der Waals surface area contributed by atoms with Crippen molar-refractivity contribution in [2.24, 2.45) is 0 Å².